The van der Waals surface area contributed by atoms with E-state index in [2.05, 4.69) is 6.92 Å². The van der Waals surface area contributed by atoms with Gasteiger partial charge in [-0.15, -0.1) is 0 Å². The van der Waals surface area contributed by atoms with Crippen LogP contribution in [0.3, 0.4) is 0 Å². The molecule has 3 atom stereocenters. The van der Waals surface area contributed by atoms with Gasteiger partial charge in [0.1, 0.15) is 0 Å². The summed E-state index contributed by atoms with van der Waals surface area (Å²) in [7, 11) is 1.70. The van der Waals surface area contributed by atoms with Crippen LogP contribution >= 0.6 is 0 Å². The molecule has 0 amide bonds. The molecule has 3 unspecified atom stereocenters. The molecule has 0 aromatic heterocycles. The van der Waals surface area contributed by atoms with Crippen LogP contribution in [0.25, 0.3) is 0 Å². The molecule has 1 fully saturated rings. The second-order valence-corrected chi connectivity index (χ2v) is 5.74. The highest BCUT2D eigenvalue weighted by atomic mass is 16.5. The summed E-state index contributed by atoms with van der Waals surface area (Å²) in [5.41, 5.74) is 5.81. The third-order valence-electron chi connectivity index (χ3n) is 4.27. The number of ether oxygens (including phenoxy) is 2. The van der Waals surface area contributed by atoms with E-state index in [4.69, 9.17) is 15.2 Å². The molecular weight excluding hydrogens is 214 g/mol. The Balaban J connectivity index is 2.38. The normalized spacial score (nSPS) is 28.1. The maximum atomic E-state index is 6.12. The zero-order valence-corrected chi connectivity index (χ0v) is 11.9. The Hall–Kier alpha value is -0.120. The second kappa shape index (κ2) is 6.72. The summed E-state index contributed by atoms with van der Waals surface area (Å²) in [6.07, 6.45) is 6.78. The van der Waals surface area contributed by atoms with Gasteiger partial charge in [-0.2, -0.15) is 0 Å². The van der Waals surface area contributed by atoms with Gasteiger partial charge in [-0.25, -0.2) is 0 Å². The summed E-state index contributed by atoms with van der Waals surface area (Å²) >= 11 is 0. The average molecular weight is 243 g/mol. The van der Waals surface area contributed by atoms with E-state index in [0.717, 1.165) is 5.92 Å². The first-order chi connectivity index (χ1) is 8.01. The second-order valence-electron chi connectivity index (χ2n) is 5.74. The Labute approximate surface area is 106 Å². The molecule has 1 saturated carbocycles. The molecule has 3 heteroatoms. The first kappa shape index (κ1) is 14.9. The van der Waals surface area contributed by atoms with Crippen molar-refractivity contribution in [2.45, 2.75) is 70.6 Å². The van der Waals surface area contributed by atoms with E-state index in [9.17, 15) is 0 Å². The lowest BCUT2D eigenvalue weighted by Gasteiger charge is -2.35. The SMILES string of the molecule is CCC1CCCCC1OCC(N)C(C)(C)OC. The Kier molecular flexibility index (Phi) is 5.90. The molecule has 1 aliphatic rings. The van der Waals surface area contributed by atoms with Crippen molar-refractivity contribution < 1.29 is 9.47 Å². The third kappa shape index (κ3) is 4.23. The smallest absolute Gasteiger partial charge is 0.0795 e. The van der Waals surface area contributed by atoms with Gasteiger partial charge in [-0.1, -0.05) is 26.2 Å². The molecule has 0 bridgehead atoms. The highest BCUT2D eigenvalue weighted by Crippen LogP contribution is 2.29. The lowest BCUT2D eigenvalue weighted by atomic mass is 9.84. The van der Waals surface area contributed by atoms with Crippen molar-refractivity contribution in [2.75, 3.05) is 13.7 Å². The maximum Gasteiger partial charge on any atom is 0.0795 e. The summed E-state index contributed by atoms with van der Waals surface area (Å²) in [5, 5.41) is 0. The number of methoxy groups -OCH3 is 1. The van der Waals surface area contributed by atoms with Crippen LogP contribution < -0.4 is 5.73 Å². The quantitative estimate of drug-likeness (QED) is 0.780. The molecular formula is C14H29NO2. The van der Waals surface area contributed by atoms with Crippen LogP contribution in [0.4, 0.5) is 0 Å². The molecule has 1 rings (SSSR count). The Morgan fingerprint density at radius 2 is 1.94 bits per heavy atom. The van der Waals surface area contributed by atoms with E-state index in [1.165, 1.54) is 32.1 Å². The summed E-state index contributed by atoms with van der Waals surface area (Å²) in [6.45, 7) is 6.88. The fourth-order valence-electron chi connectivity index (χ4n) is 2.44. The zero-order valence-electron chi connectivity index (χ0n) is 11.9. The van der Waals surface area contributed by atoms with Gasteiger partial charge in [-0.3, -0.25) is 0 Å². The highest BCUT2D eigenvalue weighted by molar-refractivity contribution is 4.83. The van der Waals surface area contributed by atoms with E-state index in [1.54, 1.807) is 7.11 Å². The average Bonchev–Trinajstić information content (AvgIpc) is 2.36. The van der Waals surface area contributed by atoms with E-state index < -0.39 is 0 Å². The van der Waals surface area contributed by atoms with Crippen LogP contribution in [-0.4, -0.2) is 31.5 Å². The molecule has 0 aromatic carbocycles. The van der Waals surface area contributed by atoms with Crippen molar-refractivity contribution in [3.8, 4) is 0 Å². The van der Waals surface area contributed by atoms with Crippen molar-refractivity contribution >= 4 is 0 Å². The Morgan fingerprint density at radius 3 is 2.53 bits per heavy atom. The van der Waals surface area contributed by atoms with Gasteiger partial charge in [0.2, 0.25) is 0 Å². The summed E-state index contributed by atoms with van der Waals surface area (Å²) in [6, 6.07) is -0.0630. The van der Waals surface area contributed by atoms with Gasteiger partial charge in [0.15, 0.2) is 0 Å². The van der Waals surface area contributed by atoms with Crippen molar-refractivity contribution in [3.63, 3.8) is 0 Å². The van der Waals surface area contributed by atoms with E-state index >= 15 is 0 Å². The molecule has 0 radical (unpaired) electrons. The topological polar surface area (TPSA) is 44.5 Å². The minimum Gasteiger partial charge on any atom is -0.377 e. The van der Waals surface area contributed by atoms with Crippen molar-refractivity contribution in [1.82, 2.24) is 0 Å². The van der Waals surface area contributed by atoms with Gasteiger partial charge in [0.05, 0.1) is 24.4 Å². The zero-order chi connectivity index (χ0) is 12.9. The lowest BCUT2D eigenvalue weighted by molar-refractivity contribution is -0.0642. The van der Waals surface area contributed by atoms with Crippen LogP contribution in [0.5, 0.6) is 0 Å². The molecule has 0 heterocycles. The molecule has 0 spiro atoms. The van der Waals surface area contributed by atoms with Crippen molar-refractivity contribution in [2.24, 2.45) is 11.7 Å². The Morgan fingerprint density at radius 1 is 1.29 bits per heavy atom. The molecule has 0 aliphatic heterocycles. The standard InChI is InChI=1S/C14H29NO2/c1-5-11-8-6-7-9-12(11)17-10-13(15)14(2,3)16-4/h11-13H,5-10,15H2,1-4H3. The summed E-state index contributed by atoms with van der Waals surface area (Å²) < 4.78 is 11.4. The van der Waals surface area contributed by atoms with E-state index in [0.29, 0.717) is 12.7 Å². The predicted molar refractivity (Wildman–Crippen MR) is 71.1 cm³/mol. The Bertz CT molecular complexity index is 218. The lowest BCUT2D eigenvalue weighted by Crippen LogP contribution is -2.48. The monoisotopic (exact) mass is 243 g/mol. The highest BCUT2D eigenvalue weighted by Gasteiger charge is 2.29. The fraction of sp³-hybridized carbons (Fsp3) is 1.00. The van der Waals surface area contributed by atoms with Crippen molar-refractivity contribution in [1.29, 1.82) is 0 Å². The number of rotatable bonds is 6. The molecule has 1 aliphatic carbocycles. The summed E-state index contributed by atoms with van der Waals surface area (Å²) in [5.74, 6) is 0.724. The van der Waals surface area contributed by atoms with Crippen LogP contribution in [0.1, 0.15) is 52.9 Å². The fourth-order valence-corrected chi connectivity index (χ4v) is 2.44. The van der Waals surface area contributed by atoms with E-state index in [-0.39, 0.29) is 11.6 Å². The minimum absolute atomic E-state index is 0.0630. The van der Waals surface area contributed by atoms with Gasteiger partial charge >= 0.3 is 0 Å². The summed E-state index contributed by atoms with van der Waals surface area (Å²) in [4.78, 5) is 0. The van der Waals surface area contributed by atoms with Gasteiger partial charge in [0.25, 0.3) is 0 Å². The molecule has 0 aromatic rings. The number of hydrogen-bond acceptors (Lipinski definition) is 3. The first-order valence-electron chi connectivity index (χ1n) is 6.93. The van der Waals surface area contributed by atoms with Crippen molar-refractivity contribution in [3.05, 3.63) is 0 Å². The first-order valence-corrected chi connectivity index (χ1v) is 6.93. The van der Waals surface area contributed by atoms with E-state index in [1.807, 2.05) is 13.8 Å². The maximum absolute atomic E-state index is 6.12. The molecule has 0 saturated heterocycles. The van der Waals surface area contributed by atoms with Gasteiger partial charge in [0, 0.05) is 7.11 Å². The largest absolute Gasteiger partial charge is 0.377 e. The minimum atomic E-state index is -0.309. The molecule has 17 heavy (non-hydrogen) atoms. The van der Waals surface area contributed by atoms with Gasteiger partial charge in [-0.05, 0) is 32.6 Å². The van der Waals surface area contributed by atoms with Crippen LogP contribution in [0.15, 0.2) is 0 Å². The number of hydrogen-bond donors (Lipinski definition) is 1. The predicted octanol–water partition coefficient (Wildman–Crippen LogP) is 2.72. The van der Waals surface area contributed by atoms with Gasteiger partial charge < -0.3 is 15.2 Å². The number of nitrogens with two attached hydrogens (primary N) is 1. The molecule has 2 N–H and O–H groups in total. The van der Waals surface area contributed by atoms with Crippen LogP contribution in [0.2, 0.25) is 0 Å². The molecule has 102 valence electrons. The van der Waals surface area contributed by atoms with Crippen LogP contribution in [-0.2, 0) is 9.47 Å². The van der Waals surface area contributed by atoms with Crippen LogP contribution in [0, 0.1) is 5.92 Å². The third-order valence-corrected chi connectivity index (χ3v) is 4.27. The molecule has 3 nitrogen and oxygen atoms in total.